The Morgan fingerprint density at radius 3 is 2.36 bits per heavy atom. The average Bonchev–Trinajstić information content (AvgIpc) is 3.33. The first-order valence-corrected chi connectivity index (χ1v) is 15.5. The first-order chi connectivity index (χ1) is 18.5. The van der Waals surface area contributed by atoms with Crippen molar-refractivity contribution in [3.05, 3.63) is 40.9 Å². The monoisotopic (exact) mass is 555 g/mol. The highest BCUT2D eigenvalue weighted by Gasteiger charge is 2.28. The lowest BCUT2D eigenvalue weighted by atomic mass is 9.91. The Morgan fingerprint density at radius 2 is 1.77 bits per heavy atom. The fourth-order valence-corrected chi connectivity index (χ4v) is 5.77. The summed E-state index contributed by atoms with van der Waals surface area (Å²) in [6.45, 7) is 20.9. The topological polar surface area (TPSA) is 79.4 Å². The normalized spacial score (nSPS) is 14.0. The number of aromatic nitrogens is 1. The Balaban J connectivity index is 2.15. The zero-order valence-corrected chi connectivity index (χ0v) is 26.0. The zero-order chi connectivity index (χ0) is 29.1. The number of hydrogen-bond acceptors (Lipinski definition) is 6. The van der Waals surface area contributed by atoms with Gasteiger partial charge in [0.25, 0.3) is 0 Å². The molecule has 3 atom stereocenters. The highest BCUT2D eigenvalue weighted by atomic mass is 32.1. The molecule has 0 saturated carbocycles. The molecule has 0 aliphatic carbocycles. The Kier molecular flexibility index (Phi) is 13.5. The van der Waals surface area contributed by atoms with Crippen LogP contribution in [0, 0.1) is 11.8 Å². The third-order valence-corrected chi connectivity index (χ3v) is 8.87. The van der Waals surface area contributed by atoms with E-state index in [9.17, 15) is 14.4 Å². The number of hydrogen-bond donors (Lipinski definition) is 1. The highest BCUT2D eigenvalue weighted by molar-refractivity contribution is 7.18. The van der Waals surface area contributed by atoms with Gasteiger partial charge in [-0.15, -0.1) is 11.3 Å². The maximum absolute atomic E-state index is 13.6. The molecule has 1 heterocycles. The van der Waals surface area contributed by atoms with Crippen molar-refractivity contribution < 1.29 is 14.4 Å². The first kappa shape index (κ1) is 32.8. The summed E-state index contributed by atoms with van der Waals surface area (Å²) in [5.74, 6) is 0.150. The summed E-state index contributed by atoms with van der Waals surface area (Å²) in [4.78, 5) is 45.8. The lowest BCUT2D eigenvalue weighted by molar-refractivity contribution is -0.130. The second kappa shape index (κ2) is 16.0. The van der Waals surface area contributed by atoms with Crippen molar-refractivity contribution in [2.24, 2.45) is 11.8 Å². The third-order valence-electron chi connectivity index (χ3n) is 7.83. The number of nitrogens with zero attached hydrogens (tertiary/aromatic N) is 2. The fourth-order valence-electron chi connectivity index (χ4n) is 4.68. The predicted molar refractivity (Wildman–Crippen MR) is 163 cm³/mol. The first-order valence-electron chi connectivity index (χ1n) is 14.7. The molecule has 1 aromatic carbocycles. The van der Waals surface area contributed by atoms with Crippen molar-refractivity contribution in [3.63, 3.8) is 0 Å². The van der Waals surface area contributed by atoms with E-state index in [-0.39, 0.29) is 35.9 Å². The molecule has 0 bridgehead atoms. The van der Waals surface area contributed by atoms with E-state index in [0.717, 1.165) is 34.7 Å². The van der Waals surface area contributed by atoms with Crippen LogP contribution in [0.4, 0.5) is 0 Å². The number of rotatable bonds is 18. The summed E-state index contributed by atoms with van der Waals surface area (Å²) < 4.78 is 1.11. The number of fused-ring (bicyclic) bond motifs is 1. The van der Waals surface area contributed by atoms with E-state index in [0.29, 0.717) is 43.7 Å². The number of thiazole rings is 1. The van der Waals surface area contributed by atoms with Crippen LogP contribution in [0.2, 0.25) is 0 Å². The van der Waals surface area contributed by atoms with Gasteiger partial charge in [-0.1, -0.05) is 67.5 Å². The number of benzene rings is 1. The molecule has 1 aromatic heterocycles. The second-order valence-electron chi connectivity index (χ2n) is 11.0. The van der Waals surface area contributed by atoms with Crippen molar-refractivity contribution in [1.29, 1.82) is 0 Å². The number of amides is 1. The fraction of sp³-hybridized carbons (Fsp3) is 0.625. The summed E-state index contributed by atoms with van der Waals surface area (Å²) in [5.41, 5.74) is 2.82. The van der Waals surface area contributed by atoms with Gasteiger partial charge in [0.15, 0.2) is 5.78 Å². The largest absolute Gasteiger partial charge is 0.353 e. The summed E-state index contributed by atoms with van der Waals surface area (Å²) >= 11 is 1.60. The molecule has 0 unspecified atom stereocenters. The lowest BCUT2D eigenvalue weighted by Gasteiger charge is -2.27. The summed E-state index contributed by atoms with van der Waals surface area (Å²) in [6.07, 6.45) is 2.82. The molecule has 1 N–H and O–H groups in total. The third kappa shape index (κ3) is 9.95. The Hall–Kier alpha value is -2.38. The summed E-state index contributed by atoms with van der Waals surface area (Å²) in [7, 11) is 0. The number of nitrogens with one attached hydrogen (secondary N) is 1. The molecule has 0 spiro atoms. The molecule has 2 aromatic rings. The number of ketones is 2. The Morgan fingerprint density at radius 1 is 1.08 bits per heavy atom. The van der Waals surface area contributed by atoms with Crippen LogP contribution in [-0.2, 0) is 20.8 Å². The van der Waals surface area contributed by atoms with Crippen molar-refractivity contribution in [1.82, 2.24) is 15.2 Å². The molecule has 216 valence electrons. The van der Waals surface area contributed by atoms with Crippen LogP contribution < -0.4 is 5.32 Å². The van der Waals surface area contributed by atoms with Crippen LogP contribution in [0.25, 0.3) is 10.2 Å². The minimum atomic E-state index is -0.484. The van der Waals surface area contributed by atoms with E-state index < -0.39 is 5.92 Å². The molecule has 2 rings (SSSR count). The molecule has 0 aliphatic rings. The van der Waals surface area contributed by atoms with Gasteiger partial charge in [-0.3, -0.25) is 19.3 Å². The molecule has 1 amide bonds. The maximum Gasteiger partial charge on any atom is 0.224 e. The van der Waals surface area contributed by atoms with Crippen LogP contribution in [0.3, 0.4) is 0 Å². The Bertz CT molecular complexity index is 1120. The van der Waals surface area contributed by atoms with Gasteiger partial charge in [0.05, 0.1) is 21.1 Å². The summed E-state index contributed by atoms with van der Waals surface area (Å²) in [5, 5.41) is 4.10. The van der Waals surface area contributed by atoms with Crippen LogP contribution in [0.1, 0.15) is 97.1 Å². The lowest BCUT2D eigenvalue weighted by Crippen LogP contribution is -2.43. The second-order valence-corrected chi connectivity index (χ2v) is 12.1. The number of carbonyl (C=O) groups excluding carboxylic acids is 3. The van der Waals surface area contributed by atoms with Gasteiger partial charge in [0, 0.05) is 43.8 Å². The van der Waals surface area contributed by atoms with Gasteiger partial charge in [-0.05, 0) is 49.0 Å². The molecule has 0 aliphatic heterocycles. The van der Waals surface area contributed by atoms with E-state index in [2.05, 4.69) is 70.5 Å². The number of likely N-dealkylation sites (N-methyl/N-ethyl adjacent to an activating group) is 1. The Labute approximate surface area is 239 Å². The van der Waals surface area contributed by atoms with Gasteiger partial charge >= 0.3 is 0 Å². The van der Waals surface area contributed by atoms with Gasteiger partial charge in [0.1, 0.15) is 5.78 Å². The molecular formula is C32H49N3O3S. The highest BCUT2D eigenvalue weighted by Crippen LogP contribution is 2.28. The van der Waals surface area contributed by atoms with E-state index in [4.69, 9.17) is 4.98 Å². The molecule has 0 radical (unpaired) electrons. The van der Waals surface area contributed by atoms with Crippen molar-refractivity contribution >= 4 is 39.0 Å². The van der Waals surface area contributed by atoms with Crippen molar-refractivity contribution in [3.8, 4) is 0 Å². The number of Topliss-reactive ketones (excluding diaryl/α,β-unsaturated/α-hetero) is 2. The van der Waals surface area contributed by atoms with Crippen LogP contribution in [0.15, 0.2) is 30.4 Å². The smallest absolute Gasteiger partial charge is 0.224 e. The molecule has 0 fully saturated rings. The van der Waals surface area contributed by atoms with Gasteiger partial charge in [-0.2, -0.15) is 0 Å². The minimum absolute atomic E-state index is 0.0532. The molecular weight excluding hydrogens is 506 g/mol. The molecule has 6 nitrogen and oxygen atoms in total. The number of carbonyl (C=O) groups is 3. The zero-order valence-electron chi connectivity index (χ0n) is 25.1. The average molecular weight is 556 g/mol. The van der Waals surface area contributed by atoms with E-state index in [1.807, 2.05) is 13.0 Å². The van der Waals surface area contributed by atoms with Gasteiger partial charge in [-0.25, -0.2) is 4.98 Å². The van der Waals surface area contributed by atoms with Crippen LogP contribution in [-0.4, -0.2) is 53.0 Å². The standard InChI is InChI=1S/C32H49N3O3S/c1-9-22(7)27(15-16-29(37)23(8)20-35(11-3)12-4)34-32(38)25(17-26(36)10-2)19-31-33-28-14-13-24(21(5)6)18-30(28)39-31/h13-14,18,21-22,25,27H,8-12,15-17,19-20H2,1-7H3,(H,34,38)/t22-,25-,27+/m0/s1. The van der Waals surface area contributed by atoms with Crippen LogP contribution in [0.5, 0.6) is 0 Å². The van der Waals surface area contributed by atoms with E-state index >= 15 is 0 Å². The predicted octanol–water partition coefficient (Wildman–Crippen LogP) is 6.73. The molecule has 7 heteroatoms. The quantitative estimate of drug-likeness (QED) is 0.206. The van der Waals surface area contributed by atoms with Crippen LogP contribution >= 0.6 is 11.3 Å². The van der Waals surface area contributed by atoms with Crippen molar-refractivity contribution in [2.45, 2.75) is 99.0 Å². The molecule has 0 saturated heterocycles. The van der Waals surface area contributed by atoms with Crippen molar-refractivity contribution in [2.75, 3.05) is 19.6 Å². The summed E-state index contributed by atoms with van der Waals surface area (Å²) in [6, 6.07) is 6.19. The SMILES string of the molecule is C=C(CN(CC)CC)C(=O)CC[C@@H](NC(=O)[C@@H](CC(=O)CC)Cc1nc2ccc(C(C)C)cc2s1)[C@@H](C)CC. The van der Waals surface area contributed by atoms with E-state index in [1.165, 1.54) is 5.56 Å². The van der Waals surface area contributed by atoms with E-state index in [1.54, 1.807) is 11.3 Å². The maximum atomic E-state index is 13.6. The molecule has 39 heavy (non-hydrogen) atoms. The van der Waals surface area contributed by atoms with Gasteiger partial charge < -0.3 is 5.32 Å². The minimum Gasteiger partial charge on any atom is -0.353 e. The van der Waals surface area contributed by atoms with Gasteiger partial charge in [0.2, 0.25) is 5.91 Å².